The molecule has 0 radical (unpaired) electrons. The first-order chi connectivity index (χ1) is 8.77. The molecule has 0 amide bonds. The van der Waals surface area contributed by atoms with E-state index < -0.39 is 11.4 Å². The van der Waals surface area contributed by atoms with Crippen molar-refractivity contribution in [2.75, 3.05) is 0 Å². The Morgan fingerprint density at radius 3 is 2.74 bits per heavy atom. The fraction of sp³-hybridized carbons (Fsp3) is 0.538. The predicted molar refractivity (Wildman–Crippen MR) is 78.0 cm³/mol. The van der Waals surface area contributed by atoms with Gasteiger partial charge in [-0.15, -0.1) is 4.72 Å². The second-order valence-corrected chi connectivity index (χ2v) is 7.69. The Bertz CT molecular complexity index is 576. The topological polar surface area (TPSA) is 65.8 Å². The molecule has 1 unspecified atom stereocenters. The number of fused-ring (bicyclic) bond motifs is 1. The molecule has 0 aliphatic rings. The average Bonchev–Trinajstić information content (AvgIpc) is 2.66. The molecule has 19 heavy (non-hydrogen) atoms. The van der Waals surface area contributed by atoms with Crippen molar-refractivity contribution in [3.05, 3.63) is 24.2 Å². The third-order valence-electron chi connectivity index (χ3n) is 2.81. The summed E-state index contributed by atoms with van der Waals surface area (Å²) in [5.41, 5.74) is 1.74. The molecular weight excluding hydrogens is 260 g/mol. The Labute approximate surface area is 116 Å². The molecule has 1 N–H and O–H groups in total. The number of pyridine rings is 1. The van der Waals surface area contributed by atoms with Gasteiger partial charge in [0, 0.05) is 30.0 Å². The van der Waals surface area contributed by atoms with Gasteiger partial charge in [-0.3, -0.25) is 9.67 Å². The van der Waals surface area contributed by atoms with Crippen LogP contribution in [0.15, 0.2) is 18.5 Å². The molecule has 0 bridgehead atoms. The molecule has 0 saturated heterocycles. The zero-order valence-electron chi connectivity index (χ0n) is 12.0. The van der Waals surface area contributed by atoms with Crippen molar-refractivity contribution in [1.29, 1.82) is 0 Å². The van der Waals surface area contributed by atoms with E-state index in [-0.39, 0.29) is 10.8 Å². The summed E-state index contributed by atoms with van der Waals surface area (Å²) >= 11 is -1.11. The molecule has 2 rings (SSSR count). The van der Waals surface area contributed by atoms with Crippen molar-refractivity contribution in [1.82, 2.24) is 19.5 Å². The minimum Gasteiger partial charge on any atom is -0.598 e. The first-order valence-electron chi connectivity index (χ1n) is 6.25. The predicted octanol–water partition coefficient (Wildman–Crippen LogP) is 2.08. The van der Waals surface area contributed by atoms with Gasteiger partial charge in [0.25, 0.3) is 0 Å². The number of hydrogen-bond donors (Lipinski definition) is 1. The second-order valence-electron chi connectivity index (χ2n) is 5.69. The van der Waals surface area contributed by atoms with E-state index in [2.05, 4.69) is 14.8 Å². The zero-order chi connectivity index (χ0) is 14.2. The number of hydrogen-bond acceptors (Lipinski definition) is 4. The van der Waals surface area contributed by atoms with E-state index in [0.717, 1.165) is 16.6 Å². The Morgan fingerprint density at radius 2 is 2.11 bits per heavy atom. The molecule has 0 aliphatic heterocycles. The molecule has 2 aromatic heterocycles. The molecule has 0 aliphatic carbocycles. The summed E-state index contributed by atoms with van der Waals surface area (Å²) in [7, 11) is 1.88. The van der Waals surface area contributed by atoms with Crippen molar-refractivity contribution in [3.8, 4) is 0 Å². The van der Waals surface area contributed by atoms with E-state index in [0.29, 0.717) is 0 Å². The summed E-state index contributed by atoms with van der Waals surface area (Å²) in [4.78, 5) is 4.38. The first-order valence-corrected chi connectivity index (χ1v) is 7.39. The Hall–Kier alpha value is -1.11. The highest BCUT2D eigenvalue weighted by molar-refractivity contribution is 7.90. The summed E-state index contributed by atoms with van der Waals surface area (Å²) in [5.74, 6) is 0. The van der Waals surface area contributed by atoms with E-state index in [4.69, 9.17) is 0 Å². The van der Waals surface area contributed by atoms with Crippen LogP contribution in [0.3, 0.4) is 0 Å². The van der Waals surface area contributed by atoms with Crippen LogP contribution in [0, 0.1) is 0 Å². The lowest BCUT2D eigenvalue weighted by atomic mass is 10.2. The lowest BCUT2D eigenvalue weighted by molar-refractivity contribution is 0.529. The van der Waals surface area contributed by atoms with E-state index in [1.807, 2.05) is 47.0 Å². The smallest absolute Gasteiger partial charge is 0.136 e. The highest BCUT2D eigenvalue weighted by Gasteiger charge is 2.28. The van der Waals surface area contributed by atoms with Crippen molar-refractivity contribution < 1.29 is 4.55 Å². The summed E-state index contributed by atoms with van der Waals surface area (Å²) in [6.07, 6.45) is 3.71. The van der Waals surface area contributed by atoms with Crippen LogP contribution >= 0.6 is 0 Å². The van der Waals surface area contributed by atoms with Gasteiger partial charge < -0.3 is 4.55 Å². The lowest BCUT2D eigenvalue weighted by Crippen LogP contribution is -2.40. The van der Waals surface area contributed by atoms with Gasteiger partial charge in [-0.1, -0.05) is 0 Å². The summed E-state index contributed by atoms with van der Waals surface area (Å²) in [5, 5.41) is 5.33. The van der Waals surface area contributed by atoms with Gasteiger partial charge in [0.05, 0.1) is 17.9 Å². The largest absolute Gasteiger partial charge is 0.598 e. The van der Waals surface area contributed by atoms with Crippen LogP contribution in [0.5, 0.6) is 0 Å². The quantitative estimate of drug-likeness (QED) is 0.874. The average molecular weight is 280 g/mol. The summed E-state index contributed by atoms with van der Waals surface area (Å²) < 4.78 is 16.6. The lowest BCUT2D eigenvalue weighted by Gasteiger charge is -2.26. The monoisotopic (exact) mass is 280 g/mol. The maximum atomic E-state index is 12.1. The maximum absolute atomic E-state index is 12.1. The van der Waals surface area contributed by atoms with Gasteiger partial charge in [-0.05, 0) is 33.8 Å². The van der Waals surface area contributed by atoms with E-state index in [9.17, 15) is 4.55 Å². The molecule has 0 fully saturated rings. The summed E-state index contributed by atoms with van der Waals surface area (Å²) in [6, 6.07) is 1.92. The van der Waals surface area contributed by atoms with Crippen LogP contribution in [-0.4, -0.2) is 24.1 Å². The fourth-order valence-corrected chi connectivity index (χ4v) is 2.50. The van der Waals surface area contributed by atoms with Crippen LogP contribution in [0.4, 0.5) is 0 Å². The van der Waals surface area contributed by atoms with Gasteiger partial charge in [-0.25, -0.2) is 0 Å². The van der Waals surface area contributed by atoms with E-state index >= 15 is 0 Å². The molecule has 2 heterocycles. The Balaban J connectivity index is 2.19. The van der Waals surface area contributed by atoms with Crippen molar-refractivity contribution in [2.24, 2.45) is 7.05 Å². The van der Waals surface area contributed by atoms with Crippen LogP contribution in [0.25, 0.3) is 10.9 Å². The van der Waals surface area contributed by atoms with Gasteiger partial charge in [0.1, 0.15) is 10.3 Å². The molecule has 104 valence electrons. The normalized spacial score (nSPS) is 15.7. The molecule has 2 atom stereocenters. The van der Waals surface area contributed by atoms with Crippen LogP contribution < -0.4 is 4.72 Å². The molecular formula is C13H20N4OS. The molecule has 0 aromatic carbocycles. The SMILES string of the molecule is C[C@@H](N[S+]([O-])C(C)(C)C)c1cc2cn(C)nc2cn1. The van der Waals surface area contributed by atoms with Gasteiger partial charge in [0.15, 0.2) is 0 Å². The van der Waals surface area contributed by atoms with E-state index in [1.54, 1.807) is 10.9 Å². The highest BCUT2D eigenvalue weighted by atomic mass is 32.2. The second kappa shape index (κ2) is 5.11. The Kier molecular flexibility index (Phi) is 3.85. The van der Waals surface area contributed by atoms with Crippen molar-refractivity contribution in [2.45, 2.75) is 38.5 Å². The van der Waals surface area contributed by atoms with Gasteiger partial charge in [0.2, 0.25) is 0 Å². The van der Waals surface area contributed by atoms with Crippen molar-refractivity contribution >= 4 is 22.3 Å². The minimum absolute atomic E-state index is 0.0651. The van der Waals surface area contributed by atoms with Crippen LogP contribution in [0.1, 0.15) is 39.4 Å². The van der Waals surface area contributed by atoms with Crippen LogP contribution in [-0.2, 0) is 18.4 Å². The fourth-order valence-electron chi connectivity index (χ4n) is 1.70. The van der Waals surface area contributed by atoms with Gasteiger partial charge >= 0.3 is 0 Å². The number of rotatable bonds is 3. The molecule has 2 aromatic rings. The zero-order valence-corrected chi connectivity index (χ0v) is 12.8. The van der Waals surface area contributed by atoms with Gasteiger partial charge in [-0.2, -0.15) is 5.10 Å². The molecule has 0 saturated carbocycles. The number of aryl methyl sites for hydroxylation is 1. The minimum atomic E-state index is -1.11. The number of aromatic nitrogens is 3. The molecule has 5 nitrogen and oxygen atoms in total. The Morgan fingerprint density at radius 1 is 1.42 bits per heavy atom. The first kappa shape index (κ1) is 14.3. The number of nitrogens with zero attached hydrogens (tertiary/aromatic N) is 3. The summed E-state index contributed by atoms with van der Waals surface area (Å²) in [6.45, 7) is 7.80. The third kappa shape index (κ3) is 3.26. The highest BCUT2D eigenvalue weighted by Crippen LogP contribution is 2.20. The van der Waals surface area contributed by atoms with E-state index in [1.165, 1.54) is 0 Å². The number of nitrogens with one attached hydrogen (secondary N) is 1. The maximum Gasteiger partial charge on any atom is 0.136 e. The van der Waals surface area contributed by atoms with Crippen molar-refractivity contribution in [3.63, 3.8) is 0 Å². The standard InChI is InChI=1S/C13H20N4OS/c1-9(16-19(18)13(2,3)4)11-6-10-8-17(5)15-12(10)7-14-11/h6-9,16H,1-5H3/t9-,19?/m1/s1. The molecule has 6 heteroatoms. The van der Waals surface area contributed by atoms with Crippen LogP contribution in [0.2, 0.25) is 0 Å². The third-order valence-corrected chi connectivity index (χ3v) is 4.49. The molecule has 0 spiro atoms.